The van der Waals surface area contributed by atoms with Crippen LogP contribution in [0.4, 0.5) is 11.4 Å². The predicted octanol–water partition coefficient (Wildman–Crippen LogP) is 2.72. The summed E-state index contributed by atoms with van der Waals surface area (Å²) in [6, 6.07) is 5.88. The third-order valence-electron chi connectivity index (χ3n) is 4.36. The summed E-state index contributed by atoms with van der Waals surface area (Å²) < 4.78 is 0. The molecule has 1 N–H and O–H groups in total. The van der Waals surface area contributed by atoms with Crippen molar-refractivity contribution in [3.63, 3.8) is 0 Å². The van der Waals surface area contributed by atoms with Gasteiger partial charge in [-0.2, -0.15) is 0 Å². The lowest BCUT2D eigenvalue weighted by molar-refractivity contribution is -0.119. The van der Waals surface area contributed by atoms with E-state index in [-0.39, 0.29) is 17.7 Å². The number of benzene rings is 1. The zero-order chi connectivity index (χ0) is 14.1. The first kappa shape index (κ1) is 13.2. The van der Waals surface area contributed by atoms with E-state index in [1.807, 2.05) is 18.2 Å². The van der Waals surface area contributed by atoms with E-state index in [9.17, 15) is 9.59 Å². The molecule has 2 aliphatic rings. The molecule has 4 heteroatoms. The molecule has 20 heavy (non-hydrogen) atoms. The van der Waals surface area contributed by atoms with Crippen molar-refractivity contribution in [1.82, 2.24) is 0 Å². The number of fused-ring (bicyclic) bond motifs is 1. The molecule has 0 radical (unpaired) electrons. The monoisotopic (exact) mass is 272 g/mol. The van der Waals surface area contributed by atoms with Gasteiger partial charge in [0.25, 0.3) is 0 Å². The van der Waals surface area contributed by atoms with Crippen molar-refractivity contribution in [3.8, 4) is 0 Å². The fraction of sp³-hybridized carbons (Fsp3) is 0.500. The second-order valence-electron chi connectivity index (χ2n) is 5.70. The largest absolute Gasteiger partial charge is 0.324 e. The van der Waals surface area contributed by atoms with Crippen LogP contribution in [0.15, 0.2) is 18.2 Å². The summed E-state index contributed by atoms with van der Waals surface area (Å²) in [5.41, 5.74) is 2.82. The third kappa shape index (κ3) is 2.30. The van der Waals surface area contributed by atoms with Crippen molar-refractivity contribution >= 4 is 23.2 Å². The van der Waals surface area contributed by atoms with Gasteiger partial charge in [-0.05, 0) is 30.9 Å². The Bertz CT molecular complexity index is 547. The minimum Gasteiger partial charge on any atom is -0.324 e. The summed E-state index contributed by atoms with van der Waals surface area (Å²) in [7, 11) is 0. The number of nitrogens with zero attached hydrogens (tertiary/aromatic N) is 1. The molecule has 1 aliphatic carbocycles. The summed E-state index contributed by atoms with van der Waals surface area (Å²) in [6.07, 6.45) is 5.12. The number of carbonyl (C=O) groups is 2. The van der Waals surface area contributed by atoms with Gasteiger partial charge in [-0.15, -0.1) is 0 Å². The summed E-state index contributed by atoms with van der Waals surface area (Å²) in [6.45, 7) is 2.28. The summed E-state index contributed by atoms with van der Waals surface area (Å²) in [4.78, 5) is 25.8. The molecule has 0 saturated heterocycles. The first-order chi connectivity index (χ1) is 9.66. The Morgan fingerprint density at radius 1 is 1.25 bits per heavy atom. The molecule has 0 unspecified atom stereocenters. The van der Waals surface area contributed by atoms with Crippen LogP contribution in [0.1, 0.15) is 38.2 Å². The van der Waals surface area contributed by atoms with Crippen molar-refractivity contribution in [1.29, 1.82) is 0 Å². The van der Waals surface area contributed by atoms with Gasteiger partial charge in [0.05, 0.1) is 11.4 Å². The van der Waals surface area contributed by atoms with Crippen LogP contribution in [0.3, 0.4) is 0 Å². The molecule has 1 aromatic rings. The Kier molecular flexibility index (Phi) is 3.47. The van der Waals surface area contributed by atoms with Crippen molar-refractivity contribution in [2.45, 2.75) is 39.0 Å². The lowest BCUT2D eigenvalue weighted by Gasteiger charge is -2.20. The highest BCUT2D eigenvalue weighted by atomic mass is 16.2. The molecule has 106 valence electrons. The molecule has 3 rings (SSSR count). The van der Waals surface area contributed by atoms with Crippen LogP contribution in [-0.2, 0) is 16.0 Å². The number of carbonyl (C=O) groups excluding carboxylic acids is 2. The van der Waals surface area contributed by atoms with E-state index >= 15 is 0 Å². The maximum absolute atomic E-state index is 12.3. The molecule has 2 amide bonds. The normalized spacial score (nSPS) is 18.1. The molecule has 0 atom stereocenters. The van der Waals surface area contributed by atoms with Gasteiger partial charge < -0.3 is 10.2 Å². The molecule has 1 fully saturated rings. The van der Waals surface area contributed by atoms with E-state index in [2.05, 4.69) is 5.32 Å². The van der Waals surface area contributed by atoms with E-state index in [4.69, 9.17) is 0 Å². The van der Waals surface area contributed by atoms with E-state index in [0.29, 0.717) is 6.54 Å². The lowest BCUT2D eigenvalue weighted by atomic mass is 10.1. The lowest BCUT2D eigenvalue weighted by Crippen LogP contribution is -2.28. The van der Waals surface area contributed by atoms with Gasteiger partial charge in [-0.3, -0.25) is 9.59 Å². The molecule has 1 heterocycles. The van der Waals surface area contributed by atoms with E-state index < -0.39 is 0 Å². The maximum atomic E-state index is 12.3. The zero-order valence-electron chi connectivity index (χ0n) is 11.8. The van der Waals surface area contributed by atoms with Crippen molar-refractivity contribution in [2.75, 3.05) is 16.8 Å². The third-order valence-corrected chi connectivity index (χ3v) is 4.36. The van der Waals surface area contributed by atoms with Gasteiger partial charge in [0, 0.05) is 19.4 Å². The predicted molar refractivity (Wildman–Crippen MR) is 78.8 cm³/mol. The quantitative estimate of drug-likeness (QED) is 0.900. The van der Waals surface area contributed by atoms with Crippen LogP contribution in [0.2, 0.25) is 0 Å². The molecular weight excluding hydrogens is 252 g/mol. The average molecular weight is 272 g/mol. The molecule has 1 aromatic carbocycles. The SMILES string of the molecule is CC(=O)N1CCc2cccc(NC(=O)C3CCCC3)c21. The van der Waals surface area contributed by atoms with Crippen molar-refractivity contribution < 1.29 is 9.59 Å². The minimum absolute atomic E-state index is 0.0336. The maximum Gasteiger partial charge on any atom is 0.227 e. The van der Waals surface area contributed by atoms with Crippen LogP contribution >= 0.6 is 0 Å². The zero-order valence-corrected chi connectivity index (χ0v) is 11.8. The van der Waals surface area contributed by atoms with Crippen LogP contribution in [0, 0.1) is 5.92 Å². The van der Waals surface area contributed by atoms with Gasteiger partial charge in [0.15, 0.2) is 0 Å². The molecule has 0 spiro atoms. The van der Waals surface area contributed by atoms with Crippen LogP contribution in [0.25, 0.3) is 0 Å². The molecule has 1 aliphatic heterocycles. The average Bonchev–Trinajstić information content (AvgIpc) is 3.08. The Hall–Kier alpha value is -1.84. The van der Waals surface area contributed by atoms with E-state index in [1.54, 1.807) is 11.8 Å². The molecule has 0 bridgehead atoms. The highest BCUT2D eigenvalue weighted by molar-refractivity contribution is 6.02. The van der Waals surface area contributed by atoms with Crippen molar-refractivity contribution in [3.05, 3.63) is 23.8 Å². The Balaban J connectivity index is 1.85. The van der Waals surface area contributed by atoms with Crippen LogP contribution in [0.5, 0.6) is 0 Å². The van der Waals surface area contributed by atoms with E-state index in [0.717, 1.165) is 49.0 Å². The second kappa shape index (κ2) is 5.27. The number of para-hydroxylation sites is 1. The van der Waals surface area contributed by atoms with Gasteiger partial charge in [0.1, 0.15) is 0 Å². The van der Waals surface area contributed by atoms with Crippen LogP contribution in [-0.4, -0.2) is 18.4 Å². The smallest absolute Gasteiger partial charge is 0.227 e. The number of nitrogens with one attached hydrogen (secondary N) is 1. The van der Waals surface area contributed by atoms with Gasteiger partial charge in [-0.1, -0.05) is 25.0 Å². The summed E-state index contributed by atoms with van der Waals surface area (Å²) in [5, 5.41) is 3.04. The standard InChI is InChI=1S/C16H20N2O2/c1-11(19)18-10-9-12-7-4-8-14(15(12)18)17-16(20)13-5-2-3-6-13/h4,7-8,13H,2-3,5-6,9-10H2,1H3,(H,17,20). The number of rotatable bonds is 2. The molecule has 4 nitrogen and oxygen atoms in total. The first-order valence-corrected chi connectivity index (χ1v) is 7.37. The van der Waals surface area contributed by atoms with Gasteiger partial charge in [0.2, 0.25) is 11.8 Å². The minimum atomic E-state index is 0.0336. The molecular formula is C16H20N2O2. The molecule has 1 saturated carbocycles. The summed E-state index contributed by atoms with van der Waals surface area (Å²) >= 11 is 0. The Labute approximate surface area is 119 Å². The van der Waals surface area contributed by atoms with Gasteiger partial charge in [-0.25, -0.2) is 0 Å². The molecule has 0 aromatic heterocycles. The van der Waals surface area contributed by atoms with Crippen LogP contribution < -0.4 is 10.2 Å². The Morgan fingerprint density at radius 2 is 2.00 bits per heavy atom. The number of anilines is 2. The highest BCUT2D eigenvalue weighted by Crippen LogP contribution is 2.36. The second-order valence-corrected chi connectivity index (χ2v) is 5.70. The number of hydrogen-bond donors (Lipinski definition) is 1. The highest BCUT2D eigenvalue weighted by Gasteiger charge is 2.28. The Morgan fingerprint density at radius 3 is 2.70 bits per heavy atom. The number of amides is 2. The van der Waals surface area contributed by atoms with Crippen molar-refractivity contribution in [2.24, 2.45) is 5.92 Å². The number of hydrogen-bond acceptors (Lipinski definition) is 2. The first-order valence-electron chi connectivity index (χ1n) is 7.37. The van der Waals surface area contributed by atoms with E-state index in [1.165, 1.54) is 0 Å². The fourth-order valence-electron chi connectivity index (χ4n) is 3.29. The van der Waals surface area contributed by atoms with Gasteiger partial charge >= 0.3 is 0 Å². The topological polar surface area (TPSA) is 49.4 Å². The summed E-state index contributed by atoms with van der Waals surface area (Å²) in [5.74, 6) is 0.274. The fourth-order valence-corrected chi connectivity index (χ4v) is 3.29.